The molecule has 0 radical (unpaired) electrons. The molecule has 0 aromatic carbocycles. The molecule has 2 aromatic rings. The lowest BCUT2D eigenvalue weighted by Gasteiger charge is -2.47. The van der Waals surface area contributed by atoms with E-state index < -0.39 is 0 Å². The fourth-order valence-electron chi connectivity index (χ4n) is 3.81. The second-order valence-electron chi connectivity index (χ2n) is 6.89. The molecule has 0 N–H and O–H groups in total. The highest BCUT2D eigenvalue weighted by Crippen LogP contribution is 2.41. The number of furan rings is 1. The monoisotopic (exact) mass is 342 g/mol. The van der Waals surface area contributed by atoms with Crippen LogP contribution in [-0.2, 0) is 11.3 Å². The van der Waals surface area contributed by atoms with Gasteiger partial charge in [0.1, 0.15) is 5.76 Å². The SMILES string of the molecule is CCOC(=O)c1cnc(N2CCC3(CN(Cc4ccco4)C3)C2)nc1. The van der Waals surface area contributed by atoms with Crippen LogP contribution in [0.25, 0.3) is 0 Å². The quantitative estimate of drug-likeness (QED) is 0.769. The van der Waals surface area contributed by atoms with Crippen LogP contribution >= 0.6 is 0 Å². The van der Waals surface area contributed by atoms with E-state index in [0.29, 0.717) is 23.5 Å². The number of hydrogen-bond donors (Lipinski definition) is 0. The molecule has 4 heterocycles. The highest BCUT2D eigenvalue weighted by molar-refractivity contribution is 5.88. The minimum absolute atomic E-state index is 0.329. The van der Waals surface area contributed by atoms with Crippen molar-refractivity contribution in [1.82, 2.24) is 14.9 Å². The predicted molar refractivity (Wildman–Crippen MR) is 91.2 cm³/mol. The number of aromatic nitrogens is 2. The van der Waals surface area contributed by atoms with Gasteiger partial charge in [0.05, 0.1) is 25.0 Å². The Balaban J connectivity index is 1.33. The van der Waals surface area contributed by atoms with Crippen LogP contribution < -0.4 is 4.90 Å². The fraction of sp³-hybridized carbons (Fsp3) is 0.500. The number of carbonyl (C=O) groups excluding carboxylic acids is 1. The molecule has 0 bridgehead atoms. The lowest BCUT2D eigenvalue weighted by atomic mass is 9.79. The van der Waals surface area contributed by atoms with Crippen LogP contribution in [0.4, 0.5) is 5.95 Å². The van der Waals surface area contributed by atoms with E-state index >= 15 is 0 Å². The van der Waals surface area contributed by atoms with Crippen molar-refractivity contribution < 1.29 is 13.9 Å². The second-order valence-corrected chi connectivity index (χ2v) is 6.89. The number of hydrogen-bond acceptors (Lipinski definition) is 7. The molecule has 2 aromatic heterocycles. The van der Waals surface area contributed by atoms with E-state index in [-0.39, 0.29) is 5.97 Å². The summed E-state index contributed by atoms with van der Waals surface area (Å²) in [6.45, 7) is 7.07. The van der Waals surface area contributed by atoms with Gasteiger partial charge in [0.15, 0.2) is 0 Å². The van der Waals surface area contributed by atoms with Gasteiger partial charge < -0.3 is 14.1 Å². The van der Waals surface area contributed by atoms with Crippen LogP contribution in [-0.4, -0.2) is 53.6 Å². The summed E-state index contributed by atoms with van der Waals surface area (Å²) in [7, 11) is 0. The smallest absolute Gasteiger partial charge is 0.341 e. The average Bonchev–Trinajstić information content (AvgIpc) is 3.25. The zero-order chi connectivity index (χ0) is 17.3. The first kappa shape index (κ1) is 16.1. The molecule has 1 spiro atoms. The van der Waals surface area contributed by atoms with Gasteiger partial charge in [-0.25, -0.2) is 14.8 Å². The summed E-state index contributed by atoms with van der Waals surface area (Å²) in [6, 6.07) is 3.95. The van der Waals surface area contributed by atoms with Gasteiger partial charge in [-0.15, -0.1) is 0 Å². The molecule has 2 aliphatic rings. The zero-order valence-electron chi connectivity index (χ0n) is 14.4. The van der Waals surface area contributed by atoms with Crippen molar-refractivity contribution in [3.8, 4) is 0 Å². The minimum Gasteiger partial charge on any atom is -0.468 e. The number of nitrogens with zero attached hydrogens (tertiary/aromatic N) is 4. The van der Waals surface area contributed by atoms with Gasteiger partial charge in [0, 0.05) is 44.0 Å². The molecule has 7 nitrogen and oxygen atoms in total. The van der Waals surface area contributed by atoms with Gasteiger partial charge >= 0.3 is 5.97 Å². The molecule has 2 aliphatic heterocycles. The first-order valence-corrected chi connectivity index (χ1v) is 8.66. The van der Waals surface area contributed by atoms with Crippen molar-refractivity contribution in [3.05, 3.63) is 42.1 Å². The maximum Gasteiger partial charge on any atom is 0.341 e. The summed E-state index contributed by atoms with van der Waals surface area (Å²) in [5.74, 6) is 1.33. The van der Waals surface area contributed by atoms with Crippen LogP contribution in [0.2, 0.25) is 0 Å². The van der Waals surface area contributed by atoms with Gasteiger partial charge in [-0.2, -0.15) is 0 Å². The van der Waals surface area contributed by atoms with E-state index in [1.54, 1.807) is 25.6 Å². The molecule has 2 fully saturated rings. The predicted octanol–water partition coefficient (Wildman–Crippen LogP) is 1.96. The highest BCUT2D eigenvalue weighted by atomic mass is 16.5. The summed E-state index contributed by atoms with van der Waals surface area (Å²) in [5, 5.41) is 0. The Bertz CT molecular complexity index is 723. The van der Waals surface area contributed by atoms with Crippen molar-refractivity contribution in [1.29, 1.82) is 0 Å². The molecule has 0 amide bonds. The normalized spacial score (nSPS) is 19.2. The molecular formula is C18H22N4O3. The standard InChI is InChI=1S/C18H22N4O3/c1-2-24-16(23)14-8-19-17(20-9-14)22-6-5-18(13-22)11-21(12-18)10-15-4-3-7-25-15/h3-4,7-9H,2,5-6,10-13H2,1H3. The third-order valence-corrected chi connectivity index (χ3v) is 4.95. The van der Waals surface area contributed by atoms with Crippen molar-refractivity contribution in [2.75, 3.05) is 37.7 Å². The van der Waals surface area contributed by atoms with Crippen LogP contribution in [0.5, 0.6) is 0 Å². The number of anilines is 1. The minimum atomic E-state index is -0.375. The van der Waals surface area contributed by atoms with Gasteiger partial charge in [-0.05, 0) is 25.5 Å². The molecule has 0 unspecified atom stereocenters. The topological polar surface area (TPSA) is 71.7 Å². The average molecular weight is 342 g/mol. The molecular weight excluding hydrogens is 320 g/mol. The molecule has 4 rings (SSSR count). The Labute approximate surface area is 146 Å². The first-order chi connectivity index (χ1) is 12.2. The molecule has 2 saturated heterocycles. The van der Waals surface area contributed by atoms with Crippen LogP contribution in [0.3, 0.4) is 0 Å². The van der Waals surface area contributed by atoms with E-state index in [4.69, 9.17) is 9.15 Å². The van der Waals surface area contributed by atoms with Crippen LogP contribution in [0.15, 0.2) is 35.2 Å². The Morgan fingerprint density at radius 1 is 1.32 bits per heavy atom. The van der Waals surface area contributed by atoms with Gasteiger partial charge in [0.25, 0.3) is 0 Å². The van der Waals surface area contributed by atoms with E-state index in [9.17, 15) is 4.79 Å². The van der Waals surface area contributed by atoms with E-state index in [0.717, 1.165) is 44.9 Å². The molecule has 25 heavy (non-hydrogen) atoms. The molecule has 0 saturated carbocycles. The number of rotatable bonds is 5. The van der Waals surface area contributed by atoms with E-state index in [1.165, 1.54) is 0 Å². The Morgan fingerprint density at radius 2 is 2.12 bits per heavy atom. The zero-order valence-corrected chi connectivity index (χ0v) is 14.4. The number of esters is 1. The number of ether oxygens (including phenoxy) is 1. The number of likely N-dealkylation sites (tertiary alicyclic amines) is 1. The lowest BCUT2D eigenvalue weighted by Crippen LogP contribution is -2.56. The molecule has 0 atom stereocenters. The van der Waals surface area contributed by atoms with Gasteiger partial charge in [-0.3, -0.25) is 4.90 Å². The Morgan fingerprint density at radius 3 is 2.80 bits per heavy atom. The molecule has 7 heteroatoms. The maximum atomic E-state index is 11.7. The van der Waals surface area contributed by atoms with Crippen molar-refractivity contribution in [3.63, 3.8) is 0 Å². The van der Waals surface area contributed by atoms with Gasteiger partial charge in [0.2, 0.25) is 5.95 Å². The van der Waals surface area contributed by atoms with Crippen molar-refractivity contribution >= 4 is 11.9 Å². The number of carbonyl (C=O) groups is 1. The summed E-state index contributed by atoms with van der Waals surface area (Å²) in [6.07, 6.45) is 5.97. The van der Waals surface area contributed by atoms with Crippen LogP contribution in [0.1, 0.15) is 29.5 Å². The van der Waals surface area contributed by atoms with E-state index in [2.05, 4.69) is 19.8 Å². The van der Waals surface area contributed by atoms with Crippen LogP contribution in [0, 0.1) is 5.41 Å². The second kappa shape index (κ2) is 6.48. The molecule has 0 aliphatic carbocycles. The third-order valence-electron chi connectivity index (χ3n) is 4.95. The van der Waals surface area contributed by atoms with Gasteiger partial charge in [-0.1, -0.05) is 0 Å². The Hall–Kier alpha value is -2.41. The highest BCUT2D eigenvalue weighted by Gasteiger charge is 2.48. The summed E-state index contributed by atoms with van der Waals surface area (Å²) in [5.41, 5.74) is 0.725. The summed E-state index contributed by atoms with van der Waals surface area (Å²) >= 11 is 0. The first-order valence-electron chi connectivity index (χ1n) is 8.66. The summed E-state index contributed by atoms with van der Waals surface area (Å²) < 4.78 is 10.4. The van der Waals surface area contributed by atoms with Crippen molar-refractivity contribution in [2.24, 2.45) is 5.41 Å². The molecule has 132 valence electrons. The van der Waals surface area contributed by atoms with E-state index in [1.807, 2.05) is 12.1 Å². The third kappa shape index (κ3) is 3.24. The summed E-state index contributed by atoms with van der Waals surface area (Å²) in [4.78, 5) is 25.0. The maximum absolute atomic E-state index is 11.7. The Kier molecular flexibility index (Phi) is 4.17. The van der Waals surface area contributed by atoms with Crippen molar-refractivity contribution in [2.45, 2.75) is 19.9 Å². The lowest BCUT2D eigenvalue weighted by molar-refractivity contribution is 0.00694. The fourth-order valence-corrected chi connectivity index (χ4v) is 3.81. The largest absolute Gasteiger partial charge is 0.468 e.